The number of amides is 2. The number of carbonyl (C=O) groups is 4. The van der Waals surface area contributed by atoms with E-state index in [1.54, 1.807) is 43.3 Å². The second-order valence-corrected chi connectivity index (χ2v) is 8.05. The van der Waals surface area contributed by atoms with Crippen molar-refractivity contribution in [2.75, 3.05) is 23.9 Å². The fourth-order valence-electron chi connectivity index (χ4n) is 3.47. The summed E-state index contributed by atoms with van der Waals surface area (Å²) in [6.45, 7) is 1.92. The number of hydrogen-bond donors (Lipinski definition) is 1. The number of carbonyl (C=O) groups excluding carboxylic acids is 4. The summed E-state index contributed by atoms with van der Waals surface area (Å²) in [5.41, 5.74) is 1.10. The number of nitrogens with one attached hydrogen (secondary N) is 1. The molecule has 188 valence electrons. The summed E-state index contributed by atoms with van der Waals surface area (Å²) in [7, 11) is 1.51. The van der Waals surface area contributed by atoms with E-state index in [4.69, 9.17) is 25.8 Å². The van der Waals surface area contributed by atoms with Gasteiger partial charge in [-0.3, -0.25) is 9.59 Å². The van der Waals surface area contributed by atoms with Crippen LogP contribution in [-0.4, -0.2) is 37.5 Å². The quantitative estimate of drug-likeness (QED) is 0.262. The van der Waals surface area contributed by atoms with Crippen molar-refractivity contribution in [3.05, 3.63) is 94.7 Å². The van der Waals surface area contributed by atoms with Gasteiger partial charge in [-0.15, -0.1) is 0 Å². The molecule has 0 radical (unpaired) electrons. The largest absolute Gasteiger partial charge is 0.497 e. The minimum Gasteiger partial charge on any atom is -0.497 e. The van der Waals surface area contributed by atoms with Crippen LogP contribution in [0.5, 0.6) is 11.5 Å². The number of rotatable bonds is 8. The van der Waals surface area contributed by atoms with Crippen LogP contribution < -0.4 is 19.7 Å². The molecule has 4 rings (SSSR count). The Hall–Kier alpha value is -4.63. The van der Waals surface area contributed by atoms with Gasteiger partial charge in [0, 0.05) is 11.8 Å². The Morgan fingerprint density at radius 1 is 0.865 bits per heavy atom. The van der Waals surface area contributed by atoms with Crippen molar-refractivity contribution in [2.45, 2.75) is 6.92 Å². The smallest absolute Gasteiger partial charge is 0.343 e. The number of anilines is 2. The SMILES string of the molecule is CCOC(=O)c1ccc(N2C(=O)C(Cl)=C(Nc3ccc(C(=O)Oc4cccc(OC)c4)cc3)C2=O)cc1. The third-order valence-electron chi connectivity index (χ3n) is 5.31. The van der Waals surface area contributed by atoms with Crippen molar-refractivity contribution in [3.8, 4) is 11.5 Å². The lowest BCUT2D eigenvalue weighted by molar-refractivity contribution is -0.120. The molecule has 1 aliphatic heterocycles. The second-order valence-electron chi connectivity index (χ2n) is 7.67. The lowest BCUT2D eigenvalue weighted by Crippen LogP contribution is -2.32. The fourth-order valence-corrected chi connectivity index (χ4v) is 3.68. The minimum atomic E-state index is -0.712. The van der Waals surface area contributed by atoms with Crippen LogP contribution in [0.15, 0.2) is 83.5 Å². The van der Waals surface area contributed by atoms with Crippen LogP contribution in [-0.2, 0) is 14.3 Å². The molecule has 1 aliphatic rings. The molecule has 9 nitrogen and oxygen atoms in total. The third-order valence-corrected chi connectivity index (χ3v) is 5.66. The zero-order valence-corrected chi connectivity index (χ0v) is 20.6. The molecule has 10 heteroatoms. The van der Waals surface area contributed by atoms with Crippen molar-refractivity contribution in [3.63, 3.8) is 0 Å². The predicted octanol–water partition coefficient (Wildman–Crippen LogP) is 4.53. The number of imide groups is 1. The zero-order valence-electron chi connectivity index (χ0n) is 19.8. The number of halogens is 1. The lowest BCUT2D eigenvalue weighted by Gasteiger charge is -2.15. The van der Waals surface area contributed by atoms with E-state index in [2.05, 4.69) is 5.32 Å². The molecule has 3 aromatic rings. The molecular weight excluding hydrogens is 500 g/mol. The van der Waals surface area contributed by atoms with Gasteiger partial charge in [0.25, 0.3) is 11.8 Å². The van der Waals surface area contributed by atoms with Gasteiger partial charge in [-0.05, 0) is 67.6 Å². The van der Waals surface area contributed by atoms with Gasteiger partial charge in [0.05, 0.1) is 30.5 Å². The van der Waals surface area contributed by atoms with E-state index in [1.807, 2.05) is 0 Å². The second kappa shape index (κ2) is 11.0. The van der Waals surface area contributed by atoms with Gasteiger partial charge in [-0.1, -0.05) is 17.7 Å². The van der Waals surface area contributed by atoms with Crippen LogP contribution in [0, 0.1) is 0 Å². The summed E-state index contributed by atoms with van der Waals surface area (Å²) < 4.78 is 15.4. The number of esters is 2. The first-order valence-corrected chi connectivity index (χ1v) is 11.5. The van der Waals surface area contributed by atoms with Gasteiger partial charge in [-0.2, -0.15) is 0 Å². The maximum atomic E-state index is 13.0. The molecule has 0 aliphatic carbocycles. The Morgan fingerprint density at radius 2 is 1.49 bits per heavy atom. The van der Waals surface area contributed by atoms with Crippen LogP contribution >= 0.6 is 11.6 Å². The molecule has 37 heavy (non-hydrogen) atoms. The number of ether oxygens (including phenoxy) is 3. The highest BCUT2D eigenvalue weighted by atomic mass is 35.5. The standard InChI is InChI=1S/C27H21ClN2O7/c1-3-36-26(33)16-9-13-19(14-10-16)30-24(31)22(28)23(25(30)32)29-18-11-7-17(8-12-18)27(34)37-21-6-4-5-20(15-21)35-2/h4-15,29H,3H2,1-2H3. The highest BCUT2D eigenvalue weighted by molar-refractivity contribution is 6.53. The predicted molar refractivity (Wildman–Crippen MR) is 136 cm³/mol. The Bertz CT molecular complexity index is 1400. The Morgan fingerprint density at radius 3 is 2.14 bits per heavy atom. The summed E-state index contributed by atoms with van der Waals surface area (Å²) in [5, 5.41) is 2.55. The van der Waals surface area contributed by atoms with E-state index in [9.17, 15) is 19.2 Å². The molecule has 1 N–H and O–H groups in total. The first-order chi connectivity index (χ1) is 17.8. The molecular formula is C27H21ClN2O7. The van der Waals surface area contributed by atoms with E-state index >= 15 is 0 Å². The van der Waals surface area contributed by atoms with E-state index in [0.717, 1.165) is 4.90 Å². The van der Waals surface area contributed by atoms with Crippen molar-refractivity contribution in [1.29, 1.82) is 0 Å². The number of benzene rings is 3. The summed E-state index contributed by atoms with van der Waals surface area (Å²) in [4.78, 5) is 50.9. The Kier molecular flexibility index (Phi) is 7.55. The monoisotopic (exact) mass is 520 g/mol. The van der Waals surface area contributed by atoms with Gasteiger partial charge in [0.1, 0.15) is 22.2 Å². The highest BCUT2D eigenvalue weighted by Crippen LogP contribution is 2.30. The maximum Gasteiger partial charge on any atom is 0.343 e. The molecule has 3 aromatic carbocycles. The molecule has 0 saturated carbocycles. The van der Waals surface area contributed by atoms with Gasteiger partial charge >= 0.3 is 11.9 Å². The molecule has 0 spiro atoms. The first kappa shape index (κ1) is 25.5. The Labute approximate surface area is 217 Å². The molecule has 2 amide bonds. The summed E-state index contributed by atoms with van der Waals surface area (Å²) in [5.74, 6) is -1.59. The Balaban J connectivity index is 1.45. The van der Waals surface area contributed by atoms with E-state index in [-0.39, 0.29) is 34.2 Å². The molecule has 0 aromatic heterocycles. The fraction of sp³-hybridized carbons (Fsp3) is 0.111. The number of nitrogens with zero attached hydrogens (tertiary/aromatic N) is 1. The lowest BCUT2D eigenvalue weighted by atomic mass is 10.2. The zero-order chi connectivity index (χ0) is 26.5. The van der Waals surface area contributed by atoms with Crippen LogP contribution in [0.1, 0.15) is 27.6 Å². The van der Waals surface area contributed by atoms with Gasteiger partial charge in [-0.25, -0.2) is 14.5 Å². The normalized spacial score (nSPS) is 13.0. The van der Waals surface area contributed by atoms with Crippen LogP contribution in [0.25, 0.3) is 0 Å². The van der Waals surface area contributed by atoms with Crippen molar-refractivity contribution < 1.29 is 33.4 Å². The van der Waals surface area contributed by atoms with Crippen molar-refractivity contribution in [1.82, 2.24) is 0 Å². The van der Waals surface area contributed by atoms with E-state index < -0.39 is 23.8 Å². The van der Waals surface area contributed by atoms with Crippen LogP contribution in [0.4, 0.5) is 11.4 Å². The van der Waals surface area contributed by atoms with E-state index in [1.165, 1.54) is 43.5 Å². The van der Waals surface area contributed by atoms with Crippen molar-refractivity contribution in [2.24, 2.45) is 0 Å². The first-order valence-electron chi connectivity index (χ1n) is 11.1. The molecule has 0 unspecified atom stereocenters. The molecule has 0 atom stereocenters. The minimum absolute atomic E-state index is 0.118. The highest BCUT2D eigenvalue weighted by Gasteiger charge is 2.39. The number of hydrogen-bond acceptors (Lipinski definition) is 8. The average Bonchev–Trinajstić information content (AvgIpc) is 3.12. The van der Waals surface area contributed by atoms with Gasteiger partial charge in [0.15, 0.2) is 0 Å². The maximum absolute atomic E-state index is 13.0. The third kappa shape index (κ3) is 5.46. The molecule has 1 heterocycles. The summed E-state index contributed by atoms with van der Waals surface area (Å²) in [6.07, 6.45) is 0. The number of methoxy groups -OCH3 is 1. The average molecular weight is 521 g/mol. The molecule has 0 bridgehead atoms. The van der Waals surface area contributed by atoms with Crippen molar-refractivity contribution >= 4 is 46.7 Å². The summed E-state index contributed by atoms with van der Waals surface area (Å²) in [6, 6.07) is 18.6. The van der Waals surface area contributed by atoms with Crippen LogP contribution in [0.3, 0.4) is 0 Å². The molecule has 0 fully saturated rings. The van der Waals surface area contributed by atoms with Gasteiger partial charge in [0.2, 0.25) is 0 Å². The van der Waals surface area contributed by atoms with Crippen LogP contribution in [0.2, 0.25) is 0 Å². The summed E-state index contributed by atoms with van der Waals surface area (Å²) >= 11 is 6.18. The molecule has 0 saturated heterocycles. The topological polar surface area (TPSA) is 111 Å². The van der Waals surface area contributed by atoms with E-state index in [0.29, 0.717) is 17.2 Å². The van der Waals surface area contributed by atoms with Gasteiger partial charge < -0.3 is 19.5 Å².